The molecule has 1 fully saturated rings. The zero-order valence-corrected chi connectivity index (χ0v) is 16.2. The zero-order valence-electron chi connectivity index (χ0n) is 15.4. The number of aryl methyl sites for hydroxylation is 1. The van der Waals surface area contributed by atoms with Crippen molar-refractivity contribution >= 4 is 29.0 Å². The van der Waals surface area contributed by atoms with Gasteiger partial charge in [0.05, 0.1) is 12.2 Å². The van der Waals surface area contributed by atoms with Crippen LogP contribution < -0.4 is 5.32 Å². The van der Waals surface area contributed by atoms with Gasteiger partial charge in [0.25, 0.3) is 5.91 Å². The molecule has 0 bridgehead atoms. The van der Waals surface area contributed by atoms with E-state index in [0.29, 0.717) is 35.4 Å². The number of rotatable bonds is 4. The highest BCUT2D eigenvalue weighted by Crippen LogP contribution is 2.26. The maximum atomic E-state index is 12.8. The Morgan fingerprint density at radius 1 is 1.32 bits per heavy atom. The average Bonchev–Trinajstić information content (AvgIpc) is 3.41. The smallest absolute Gasteiger partial charge is 0.273 e. The van der Waals surface area contributed by atoms with Crippen LogP contribution >= 0.6 is 11.3 Å². The fourth-order valence-corrected chi connectivity index (χ4v) is 3.95. The van der Waals surface area contributed by atoms with Crippen molar-refractivity contribution in [1.29, 1.82) is 0 Å². The minimum absolute atomic E-state index is 0.108. The molecule has 1 atom stereocenters. The third-order valence-electron chi connectivity index (χ3n) is 4.70. The second-order valence-corrected chi connectivity index (χ2v) is 7.67. The van der Waals surface area contributed by atoms with Crippen molar-refractivity contribution in [2.45, 2.75) is 19.8 Å². The Labute approximate surface area is 166 Å². The second kappa shape index (κ2) is 7.93. The number of carbonyl (C=O) groups excluding carboxylic acids is 2. The highest BCUT2D eigenvalue weighted by molar-refractivity contribution is 7.13. The summed E-state index contributed by atoms with van der Waals surface area (Å²) in [6, 6.07) is 7.28. The number of carbonyl (C=O) groups is 2. The van der Waals surface area contributed by atoms with E-state index in [1.807, 2.05) is 19.1 Å². The number of furan rings is 1. The Kier molecular flexibility index (Phi) is 5.21. The maximum absolute atomic E-state index is 12.8. The van der Waals surface area contributed by atoms with Gasteiger partial charge in [0.15, 0.2) is 10.8 Å². The van der Waals surface area contributed by atoms with Crippen LogP contribution in [0.15, 0.2) is 46.5 Å². The lowest BCUT2D eigenvalue weighted by Crippen LogP contribution is -2.44. The van der Waals surface area contributed by atoms with Crippen LogP contribution in [0.5, 0.6) is 0 Å². The van der Waals surface area contributed by atoms with Gasteiger partial charge >= 0.3 is 0 Å². The van der Waals surface area contributed by atoms with Crippen LogP contribution in [0, 0.1) is 12.8 Å². The molecule has 3 aromatic heterocycles. The Morgan fingerprint density at radius 3 is 2.96 bits per heavy atom. The number of thiazole rings is 1. The van der Waals surface area contributed by atoms with Crippen LogP contribution in [0.2, 0.25) is 0 Å². The topological polar surface area (TPSA) is 88.3 Å². The number of pyridine rings is 1. The van der Waals surface area contributed by atoms with E-state index in [2.05, 4.69) is 15.3 Å². The highest BCUT2D eigenvalue weighted by atomic mass is 32.1. The number of likely N-dealkylation sites (tertiary alicyclic amines) is 1. The fraction of sp³-hybridized carbons (Fsp3) is 0.300. The first-order valence-corrected chi connectivity index (χ1v) is 10.0. The first-order chi connectivity index (χ1) is 13.6. The van der Waals surface area contributed by atoms with Crippen LogP contribution in [0.3, 0.4) is 0 Å². The van der Waals surface area contributed by atoms with E-state index in [4.69, 9.17) is 4.42 Å². The van der Waals surface area contributed by atoms with Crippen LogP contribution in [0.4, 0.5) is 5.82 Å². The second-order valence-electron chi connectivity index (χ2n) is 6.82. The van der Waals surface area contributed by atoms with Crippen molar-refractivity contribution in [2.24, 2.45) is 5.92 Å². The molecule has 0 radical (unpaired) electrons. The van der Waals surface area contributed by atoms with E-state index in [1.165, 1.54) is 11.3 Å². The molecular formula is C20H20N4O3S. The molecule has 0 spiro atoms. The number of piperidine rings is 1. The minimum atomic E-state index is -0.260. The summed E-state index contributed by atoms with van der Waals surface area (Å²) in [7, 11) is 0. The average molecular weight is 396 g/mol. The van der Waals surface area contributed by atoms with Crippen LogP contribution in [0.25, 0.3) is 10.8 Å². The van der Waals surface area contributed by atoms with E-state index in [9.17, 15) is 9.59 Å². The molecule has 3 aromatic rings. The summed E-state index contributed by atoms with van der Waals surface area (Å²) in [4.78, 5) is 35.8. The van der Waals surface area contributed by atoms with Gasteiger partial charge in [-0.05, 0) is 43.5 Å². The van der Waals surface area contributed by atoms with E-state index >= 15 is 0 Å². The zero-order chi connectivity index (χ0) is 19.5. The predicted molar refractivity (Wildman–Crippen MR) is 106 cm³/mol. The molecule has 7 nitrogen and oxygen atoms in total. The number of aromatic nitrogens is 2. The Morgan fingerprint density at radius 2 is 2.21 bits per heavy atom. The van der Waals surface area contributed by atoms with Crippen LogP contribution in [0.1, 0.15) is 28.9 Å². The number of amides is 2. The molecule has 0 aliphatic carbocycles. The first kappa shape index (κ1) is 18.4. The van der Waals surface area contributed by atoms with Crippen molar-refractivity contribution in [3.05, 3.63) is 53.4 Å². The molecule has 0 aromatic carbocycles. The molecule has 144 valence electrons. The largest absolute Gasteiger partial charge is 0.462 e. The molecule has 8 heteroatoms. The standard InChI is InChI=1S/C20H20N4O3S/c1-13-6-7-17(21-10-13)23-18(25)14-4-2-8-24(11-14)20(26)15-12-28-19(22-15)16-5-3-9-27-16/h3,5-7,9-10,12,14H,2,4,8,11H2,1H3,(H,21,23,25). The summed E-state index contributed by atoms with van der Waals surface area (Å²) < 4.78 is 5.33. The van der Waals surface area contributed by atoms with Gasteiger partial charge in [0, 0.05) is 24.7 Å². The van der Waals surface area contributed by atoms with Crippen LogP contribution in [-0.4, -0.2) is 39.8 Å². The lowest BCUT2D eigenvalue weighted by Gasteiger charge is -2.31. The molecule has 1 N–H and O–H groups in total. The summed E-state index contributed by atoms with van der Waals surface area (Å²) in [5.74, 6) is 0.652. The maximum Gasteiger partial charge on any atom is 0.273 e. The monoisotopic (exact) mass is 396 g/mol. The summed E-state index contributed by atoms with van der Waals surface area (Å²) in [5, 5.41) is 5.25. The first-order valence-electron chi connectivity index (χ1n) is 9.12. The summed E-state index contributed by atoms with van der Waals surface area (Å²) in [6.07, 6.45) is 4.82. The fourth-order valence-electron chi connectivity index (χ4n) is 3.19. The Balaban J connectivity index is 1.41. The van der Waals surface area contributed by atoms with Gasteiger partial charge in [-0.3, -0.25) is 9.59 Å². The quantitative estimate of drug-likeness (QED) is 0.728. The summed E-state index contributed by atoms with van der Waals surface area (Å²) >= 11 is 1.37. The lowest BCUT2D eigenvalue weighted by molar-refractivity contribution is -0.121. The number of hydrogen-bond donors (Lipinski definition) is 1. The SMILES string of the molecule is Cc1ccc(NC(=O)C2CCCN(C(=O)c3csc(-c4ccco4)n3)C2)nc1. The molecule has 28 heavy (non-hydrogen) atoms. The van der Waals surface area contributed by atoms with Gasteiger partial charge in [0.1, 0.15) is 11.5 Å². The van der Waals surface area contributed by atoms with E-state index in [-0.39, 0.29) is 17.7 Å². The van der Waals surface area contributed by atoms with Crippen molar-refractivity contribution in [3.8, 4) is 10.8 Å². The van der Waals surface area contributed by atoms with E-state index < -0.39 is 0 Å². The summed E-state index contributed by atoms with van der Waals surface area (Å²) in [6.45, 7) is 2.95. The van der Waals surface area contributed by atoms with Gasteiger partial charge in [-0.1, -0.05) is 6.07 Å². The third-order valence-corrected chi connectivity index (χ3v) is 5.55. The van der Waals surface area contributed by atoms with Crippen molar-refractivity contribution in [2.75, 3.05) is 18.4 Å². The van der Waals surface area contributed by atoms with Gasteiger partial charge < -0.3 is 14.6 Å². The predicted octanol–water partition coefficient (Wildman–Crippen LogP) is 3.60. The molecule has 4 rings (SSSR count). The third kappa shape index (κ3) is 3.96. The molecule has 4 heterocycles. The number of nitrogens with zero attached hydrogens (tertiary/aromatic N) is 3. The van der Waals surface area contributed by atoms with Gasteiger partial charge in [-0.2, -0.15) is 0 Å². The minimum Gasteiger partial charge on any atom is -0.462 e. The Bertz CT molecular complexity index is 966. The molecule has 1 unspecified atom stereocenters. The van der Waals surface area contributed by atoms with Crippen molar-refractivity contribution in [3.63, 3.8) is 0 Å². The Hall–Kier alpha value is -3.00. The molecular weight excluding hydrogens is 376 g/mol. The number of hydrogen-bond acceptors (Lipinski definition) is 6. The number of nitrogens with one attached hydrogen (secondary N) is 1. The van der Waals surface area contributed by atoms with E-state index in [1.54, 1.807) is 34.9 Å². The molecule has 1 aliphatic heterocycles. The van der Waals surface area contributed by atoms with Gasteiger partial charge in [-0.25, -0.2) is 9.97 Å². The van der Waals surface area contributed by atoms with Crippen molar-refractivity contribution in [1.82, 2.24) is 14.9 Å². The molecule has 0 saturated carbocycles. The lowest BCUT2D eigenvalue weighted by atomic mass is 9.97. The van der Waals surface area contributed by atoms with Gasteiger partial charge in [0.2, 0.25) is 5.91 Å². The van der Waals surface area contributed by atoms with Crippen molar-refractivity contribution < 1.29 is 14.0 Å². The normalized spacial score (nSPS) is 16.8. The molecule has 1 saturated heterocycles. The molecule has 2 amide bonds. The van der Waals surface area contributed by atoms with Gasteiger partial charge in [-0.15, -0.1) is 11.3 Å². The highest BCUT2D eigenvalue weighted by Gasteiger charge is 2.30. The van der Waals surface area contributed by atoms with Crippen LogP contribution in [-0.2, 0) is 4.79 Å². The van der Waals surface area contributed by atoms with E-state index in [0.717, 1.165) is 18.4 Å². The molecule has 1 aliphatic rings. The number of anilines is 1. The summed E-state index contributed by atoms with van der Waals surface area (Å²) in [5.41, 5.74) is 1.42.